The molecule has 0 aliphatic carbocycles. The highest BCUT2D eigenvalue weighted by molar-refractivity contribution is 5.75. The molecule has 2 rings (SSSR count). The van der Waals surface area contributed by atoms with Crippen LogP contribution in [0.4, 0.5) is 4.39 Å². The van der Waals surface area contributed by atoms with Crippen molar-refractivity contribution in [2.45, 2.75) is 0 Å². The van der Waals surface area contributed by atoms with E-state index in [0.29, 0.717) is 16.7 Å². The third-order valence-corrected chi connectivity index (χ3v) is 2.46. The molecular formula is C14H7FN2. The van der Waals surface area contributed by atoms with Crippen molar-refractivity contribution >= 4 is 0 Å². The number of nitrogens with zero attached hydrogens (tertiary/aromatic N) is 2. The molecule has 2 nitrogen and oxygen atoms in total. The fourth-order valence-electron chi connectivity index (χ4n) is 1.68. The van der Waals surface area contributed by atoms with Gasteiger partial charge in [0, 0.05) is 11.1 Å². The summed E-state index contributed by atoms with van der Waals surface area (Å²) in [6.07, 6.45) is 0. The summed E-state index contributed by atoms with van der Waals surface area (Å²) in [5.41, 5.74) is 1.42. The van der Waals surface area contributed by atoms with Gasteiger partial charge in [0.15, 0.2) is 0 Å². The normalized spacial score (nSPS) is 9.35. The average molecular weight is 222 g/mol. The first kappa shape index (κ1) is 10.9. The Kier molecular flexibility index (Phi) is 2.85. The zero-order chi connectivity index (χ0) is 12.3. The maximum Gasteiger partial charge on any atom is 0.141 e. The minimum absolute atomic E-state index is 0.0322. The minimum atomic E-state index is -0.572. The van der Waals surface area contributed by atoms with Gasteiger partial charge in [-0.15, -0.1) is 0 Å². The molecule has 0 heterocycles. The Bertz CT molecular complexity index is 648. The molecule has 0 radical (unpaired) electrons. The predicted octanol–water partition coefficient (Wildman–Crippen LogP) is 3.24. The summed E-state index contributed by atoms with van der Waals surface area (Å²) in [4.78, 5) is 0. The Morgan fingerprint density at radius 3 is 2.24 bits per heavy atom. The number of hydrogen-bond donors (Lipinski definition) is 0. The molecule has 0 saturated heterocycles. The van der Waals surface area contributed by atoms with Crippen LogP contribution >= 0.6 is 0 Å². The van der Waals surface area contributed by atoms with Crippen LogP contribution in [0.5, 0.6) is 0 Å². The Hall–Kier alpha value is -2.65. The Morgan fingerprint density at radius 1 is 0.824 bits per heavy atom. The topological polar surface area (TPSA) is 47.6 Å². The van der Waals surface area contributed by atoms with Crippen LogP contribution in [0.2, 0.25) is 0 Å². The fraction of sp³-hybridized carbons (Fsp3) is 0. The number of rotatable bonds is 1. The van der Waals surface area contributed by atoms with E-state index in [1.807, 2.05) is 12.1 Å². The summed E-state index contributed by atoms with van der Waals surface area (Å²) in [6.45, 7) is 0. The van der Waals surface area contributed by atoms with Crippen molar-refractivity contribution in [3.8, 4) is 23.3 Å². The van der Waals surface area contributed by atoms with Crippen molar-refractivity contribution in [3.05, 3.63) is 59.4 Å². The second kappa shape index (κ2) is 4.47. The molecule has 0 amide bonds. The first-order valence-electron chi connectivity index (χ1n) is 4.96. The average Bonchev–Trinajstić information content (AvgIpc) is 2.38. The van der Waals surface area contributed by atoms with Gasteiger partial charge in [-0.2, -0.15) is 10.5 Å². The van der Waals surface area contributed by atoms with Crippen LogP contribution in [0.3, 0.4) is 0 Å². The highest BCUT2D eigenvalue weighted by Crippen LogP contribution is 2.27. The van der Waals surface area contributed by atoms with Crippen molar-refractivity contribution in [3.63, 3.8) is 0 Å². The van der Waals surface area contributed by atoms with Crippen LogP contribution in [0.15, 0.2) is 42.5 Å². The first-order valence-corrected chi connectivity index (χ1v) is 4.96. The third-order valence-electron chi connectivity index (χ3n) is 2.46. The van der Waals surface area contributed by atoms with Crippen LogP contribution in [0.25, 0.3) is 11.1 Å². The van der Waals surface area contributed by atoms with Crippen molar-refractivity contribution in [1.82, 2.24) is 0 Å². The van der Waals surface area contributed by atoms with Crippen molar-refractivity contribution < 1.29 is 4.39 Å². The molecule has 0 aliphatic heterocycles. The van der Waals surface area contributed by atoms with E-state index in [4.69, 9.17) is 10.5 Å². The molecule has 0 fully saturated rings. The van der Waals surface area contributed by atoms with E-state index in [9.17, 15) is 4.39 Å². The molecule has 0 bridgehead atoms. The van der Waals surface area contributed by atoms with Crippen LogP contribution in [0.1, 0.15) is 11.1 Å². The summed E-state index contributed by atoms with van der Waals surface area (Å²) < 4.78 is 13.5. The zero-order valence-corrected chi connectivity index (χ0v) is 8.81. The predicted molar refractivity (Wildman–Crippen MR) is 61.3 cm³/mol. The minimum Gasteiger partial charge on any atom is -0.206 e. The number of nitriles is 2. The Labute approximate surface area is 98.2 Å². The van der Waals surface area contributed by atoms with E-state index < -0.39 is 5.82 Å². The standard InChI is InChI=1S/C14H7FN2/c15-14-7-3-6-12(13(14)9-17)11-5-2-1-4-10(11)8-16/h1-7H. The van der Waals surface area contributed by atoms with E-state index in [0.717, 1.165) is 0 Å². The summed E-state index contributed by atoms with van der Waals surface area (Å²) in [7, 11) is 0. The molecule has 0 unspecified atom stereocenters. The van der Waals surface area contributed by atoms with Gasteiger partial charge in [0.25, 0.3) is 0 Å². The van der Waals surface area contributed by atoms with Gasteiger partial charge < -0.3 is 0 Å². The highest BCUT2D eigenvalue weighted by atomic mass is 19.1. The monoisotopic (exact) mass is 222 g/mol. The second-order valence-corrected chi connectivity index (χ2v) is 3.43. The molecule has 0 spiro atoms. The molecule has 17 heavy (non-hydrogen) atoms. The summed E-state index contributed by atoms with van der Waals surface area (Å²) in [5, 5.41) is 17.9. The quantitative estimate of drug-likeness (QED) is 0.743. The molecule has 0 atom stereocenters. The van der Waals surface area contributed by atoms with E-state index in [1.165, 1.54) is 12.1 Å². The van der Waals surface area contributed by atoms with Crippen molar-refractivity contribution in [1.29, 1.82) is 10.5 Å². The van der Waals surface area contributed by atoms with Crippen molar-refractivity contribution in [2.24, 2.45) is 0 Å². The van der Waals surface area contributed by atoms with Crippen LogP contribution in [-0.4, -0.2) is 0 Å². The third kappa shape index (κ3) is 1.87. The van der Waals surface area contributed by atoms with Gasteiger partial charge in [-0.25, -0.2) is 4.39 Å². The van der Waals surface area contributed by atoms with E-state index in [-0.39, 0.29) is 5.56 Å². The lowest BCUT2D eigenvalue weighted by Crippen LogP contribution is -1.91. The molecule has 0 N–H and O–H groups in total. The molecule has 2 aromatic rings. The SMILES string of the molecule is N#Cc1ccccc1-c1cccc(F)c1C#N. The number of halogens is 1. The summed E-state index contributed by atoms with van der Waals surface area (Å²) >= 11 is 0. The molecule has 0 saturated carbocycles. The molecule has 0 aromatic heterocycles. The second-order valence-electron chi connectivity index (χ2n) is 3.43. The largest absolute Gasteiger partial charge is 0.206 e. The lowest BCUT2D eigenvalue weighted by molar-refractivity contribution is 0.624. The van der Waals surface area contributed by atoms with Crippen LogP contribution in [-0.2, 0) is 0 Å². The maximum atomic E-state index is 13.5. The van der Waals surface area contributed by atoms with E-state index in [1.54, 1.807) is 30.3 Å². The molecule has 2 aromatic carbocycles. The van der Waals surface area contributed by atoms with Gasteiger partial charge in [-0.1, -0.05) is 30.3 Å². The highest BCUT2D eigenvalue weighted by Gasteiger charge is 2.12. The van der Waals surface area contributed by atoms with Gasteiger partial charge in [0.1, 0.15) is 11.9 Å². The van der Waals surface area contributed by atoms with Gasteiger partial charge in [0.05, 0.1) is 17.2 Å². The lowest BCUT2D eigenvalue weighted by Gasteiger charge is -2.06. The molecule has 80 valence electrons. The molecular weight excluding hydrogens is 215 g/mol. The van der Waals surface area contributed by atoms with E-state index >= 15 is 0 Å². The van der Waals surface area contributed by atoms with Crippen LogP contribution < -0.4 is 0 Å². The number of benzene rings is 2. The zero-order valence-electron chi connectivity index (χ0n) is 8.81. The Morgan fingerprint density at radius 2 is 1.53 bits per heavy atom. The lowest BCUT2D eigenvalue weighted by atomic mass is 9.96. The molecule has 3 heteroatoms. The molecule has 0 aliphatic rings. The van der Waals surface area contributed by atoms with Gasteiger partial charge in [-0.05, 0) is 12.1 Å². The van der Waals surface area contributed by atoms with Gasteiger partial charge in [0.2, 0.25) is 0 Å². The van der Waals surface area contributed by atoms with Gasteiger partial charge >= 0.3 is 0 Å². The van der Waals surface area contributed by atoms with Gasteiger partial charge in [-0.3, -0.25) is 0 Å². The summed E-state index contributed by atoms with van der Waals surface area (Å²) in [6, 6.07) is 15.1. The van der Waals surface area contributed by atoms with Crippen molar-refractivity contribution in [2.75, 3.05) is 0 Å². The Balaban J connectivity index is 2.75. The smallest absolute Gasteiger partial charge is 0.141 e. The first-order chi connectivity index (χ1) is 8.27. The summed E-state index contributed by atoms with van der Waals surface area (Å²) in [5.74, 6) is -0.572. The fourth-order valence-corrected chi connectivity index (χ4v) is 1.68. The number of hydrogen-bond acceptors (Lipinski definition) is 2. The maximum absolute atomic E-state index is 13.5. The van der Waals surface area contributed by atoms with Crippen LogP contribution in [0, 0.1) is 28.5 Å². The van der Waals surface area contributed by atoms with E-state index in [2.05, 4.69) is 0 Å².